The van der Waals surface area contributed by atoms with E-state index in [-0.39, 0.29) is 5.91 Å². The summed E-state index contributed by atoms with van der Waals surface area (Å²) in [6, 6.07) is 7.34. The highest BCUT2D eigenvalue weighted by Gasteiger charge is 2.05. The second-order valence-corrected chi connectivity index (χ2v) is 5.47. The van der Waals surface area contributed by atoms with Gasteiger partial charge in [-0.05, 0) is 37.1 Å². The molecular formula is C14H19BrN4O. The summed E-state index contributed by atoms with van der Waals surface area (Å²) in [5.41, 5.74) is 0.680. The lowest BCUT2D eigenvalue weighted by Gasteiger charge is -2.15. The van der Waals surface area contributed by atoms with Crippen LogP contribution in [0.5, 0.6) is 0 Å². The molecule has 0 radical (unpaired) electrons. The lowest BCUT2D eigenvalue weighted by atomic mass is 10.2. The zero-order chi connectivity index (χ0) is 14.2. The standard InChI is InChI=1S/C14H19BrN4O/c15-12-5-3-11(4-6-12)13(20)16-7-1-8-17-14-18-9-2-10-19-14/h3-6H,1-2,7-10H2,(H,16,20)(H2,17,18,19). The Labute approximate surface area is 127 Å². The van der Waals surface area contributed by atoms with Gasteiger partial charge in [-0.2, -0.15) is 0 Å². The Kier molecular flexibility index (Phi) is 5.86. The van der Waals surface area contributed by atoms with E-state index in [0.717, 1.165) is 42.9 Å². The summed E-state index contributed by atoms with van der Waals surface area (Å²) >= 11 is 3.35. The number of hydrogen-bond donors (Lipinski definition) is 3. The van der Waals surface area contributed by atoms with E-state index in [4.69, 9.17) is 0 Å². The number of aliphatic imine (C=N–C) groups is 1. The smallest absolute Gasteiger partial charge is 0.251 e. The molecule has 0 unspecified atom stereocenters. The summed E-state index contributed by atoms with van der Waals surface area (Å²) in [5.74, 6) is 0.834. The number of amides is 1. The highest BCUT2D eigenvalue weighted by atomic mass is 79.9. The molecule has 0 saturated heterocycles. The van der Waals surface area contributed by atoms with E-state index in [9.17, 15) is 4.79 Å². The second-order valence-electron chi connectivity index (χ2n) is 4.55. The van der Waals surface area contributed by atoms with Crippen LogP contribution in [0, 0.1) is 0 Å². The summed E-state index contributed by atoms with van der Waals surface area (Å²) < 4.78 is 0.971. The fraction of sp³-hybridized carbons (Fsp3) is 0.429. The first-order valence-corrected chi connectivity index (χ1v) is 7.61. The van der Waals surface area contributed by atoms with Gasteiger partial charge in [-0.15, -0.1) is 0 Å². The Balaban J connectivity index is 1.62. The van der Waals surface area contributed by atoms with Crippen LogP contribution >= 0.6 is 15.9 Å². The van der Waals surface area contributed by atoms with Gasteiger partial charge < -0.3 is 16.0 Å². The first kappa shape index (κ1) is 14.8. The summed E-state index contributed by atoms with van der Waals surface area (Å²) in [7, 11) is 0. The maximum absolute atomic E-state index is 11.8. The van der Waals surface area contributed by atoms with Crippen molar-refractivity contribution >= 4 is 27.8 Å². The molecule has 0 atom stereocenters. The largest absolute Gasteiger partial charge is 0.356 e. The van der Waals surface area contributed by atoms with E-state index >= 15 is 0 Å². The first-order chi connectivity index (χ1) is 9.75. The van der Waals surface area contributed by atoms with E-state index in [1.54, 1.807) is 12.1 Å². The highest BCUT2D eigenvalue weighted by Crippen LogP contribution is 2.10. The molecule has 0 aliphatic carbocycles. The van der Waals surface area contributed by atoms with Crippen molar-refractivity contribution in [1.29, 1.82) is 0 Å². The van der Waals surface area contributed by atoms with E-state index in [1.807, 2.05) is 12.1 Å². The van der Waals surface area contributed by atoms with Crippen molar-refractivity contribution in [3.8, 4) is 0 Å². The minimum atomic E-state index is -0.0365. The van der Waals surface area contributed by atoms with Crippen molar-refractivity contribution in [2.75, 3.05) is 26.2 Å². The summed E-state index contributed by atoms with van der Waals surface area (Å²) in [4.78, 5) is 16.2. The zero-order valence-corrected chi connectivity index (χ0v) is 12.9. The molecule has 108 valence electrons. The van der Waals surface area contributed by atoms with Crippen LogP contribution in [0.15, 0.2) is 33.7 Å². The maximum Gasteiger partial charge on any atom is 0.251 e. The fourth-order valence-electron chi connectivity index (χ4n) is 1.85. The molecule has 1 aromatic rings. The summed E-state index contributed by atoms with van der Waals surface area (Å²) in [5, 5.41) is 9.32. The zero-order valence-electron chi connectivity index (χ0n) is 11.3. The molecule has 0 saturated carbocycles. The van der Waals surface area contributed by atoms with Gasteiger partial charge in [-0.25, -0.2) is 0 Å². The average Bonchev–Trinajstić information content (AvgIpc) is 2.48. The number of benzene rings is 1. The fourth-order valence-corrected chi connectivity index (χ4v) is 2.12. The lowest BCUT2D eigenvalue weighted by Crippen LogP contribution is -2.41. The quantitative estimate of drug-likeness (QED) is 0.713. The molecule has 1 amide bonds. The molecule has 1 aliphatic rings. The van der Waals surface area contributed by atoms with Gasteiger partial charge in [0.05, 0.1) is 0 Å². The Hall–Kier alpha value is -1.56. The molecule has 1 aliphatic heterocycles. The minimum absolute atomic E-state index is 0.0365. The molecule has 1 heterocycles. The molecular weight excluding hydrogens is 320 g/mol. The van der Waals surface area contributed by atoms with Gasteiger partial charge in [0.2, 0.25) is 0 Å². The van der Waals surface area contributed by atoms with Gasteiger partial charge in [0, 0.05) is 36.2 Å². The molecule has 1 aromatic carbocycles. The van der Waals surface area contributed by atoms with E-state index in [2.05, 4.69) is 36.9 Å². The van der Waals surface area contributed by atoms with Crippen LogP contribution in [0.1, 0.15) is 23.2 Å². The van der Waals surface area contributed by atoms with Crippen molar-refractivity contribution < 1.29 is 4.79 Å². The lowest BCUT2D eigenvalue weighted by molar-refractivity contribution is 0.0953. The highest BCUT2D eigenvalue weighted by molar-refractivity contribution is 9.10. The number of carbonyl (C=O) groups is 1. The van der Waals surface area contributed by atoms with Gasteiger partial charge in [0.15, 0.2) is 5.96 Å². The van der Waals surface area contributed by atoms with Gasteiger partial charge in [0.1, 0.15) is 0 Å². The van der Waals surface area contributed by atoms with E-state index in [0.29, 0.717) is 12.1 Å². The van der Waals surface area contributed by atoms with Gasteiger partial charge in [0.25, 0.3) is 5.91 Å². The normalized spacial score (nSPS) is 14.2. The first-order valence-electron chi connectivity index (χ1n) is 6.81. The van der Waals surface area contributed by atoms with Gasteiger partial charge in [-0.3, -0.25) is 9.79 Å². The van der Waals surface area contributed by atoms with Gasteiger partial charge in [-0.1, -0.05) is 15.9 Å². The number of halogens is 1. The van der Waals surface area contributed by atoms with Gasteiger partial charge >= 0.3 is 0 Å². The SMILES string of the molecule is O=C(NCCCNC1=NCCCN1)c1ccc(Br)cc1. The minimum Gasteiger partial charge on any atom is -0.356 e. The molecule has 2 rings (SSSR count). The molecule has 0 bridgehead atoms. The maximum atomic E-state index is 11.8. The Bertz CT molecular complexity index is 473. The predicted molar refractivity (Wildman–Crippen MR) is 84.0 cm³/mol. The Morgan fingerprint density at radius 3 is 2.80 bits per heavy atom. The number of nitrogens with zero attached hydrogens (tertiary/aromatic N) is 1. The van der Waals surface area contributed by atoms with Crippen molar-refractivity contribution in [1.82, 2.24) is 16.0 Å². The summed E-state index contributed by atoms with van der Waals surface area (Å²) in [6.45, 7) is 3.31. The van der Waals surface area contributed by atoms with E-state index in [1.165, 1.54) is 0 Å². The van der Waals surface area contributed by atoms with Crippen molar-refractivity contribution in [2.24, 2.45) is 4.99 Å². The number of hydrogen-bond acceptors (Lipinski definition) is 4. The molecule has 20 heavy (non-hydrogen) atoms. The van der Waals surface area contributed by atoms with Crippen molar-refractivity contribution in [2.45, 2.75) is 12.8 Å². The van der Waals surface area contributed by atoms with Crippen LogP contribution in [0.3, 0.4) is 0 Å². The van der Waals surface area contributed by atoms with Crippen LogP contribution in [-0.2, 0) is 0 Å². The van der Waals surface area contributed by atoms with Crippen LogP contribution in [0.4, 0.5) is 0 Å². The van der Waals surface area contributed by atoms with E-state index < -0.39 is 0 Å². The third-order valence-electron chi connectivity index (χ3n) is 2.94. The summed E-state index contributed by atoms with van der Waals surface area (Å²) in [6.07, 6.45) is 1.96. The Morgan fingerprint density at radius 2 is 2.10 bits per heavy atom. The third-order valence-corrected chi connectivity index (χ3v) is 3.46. The predicted octanol–water partition coefficient (Wildman–Crippen LogP) is 1.51. The second kappa shape index (κ2) is 7.89. The monoisotopic (exact) mass is 338 g/mol. The van der Waals surface area contributed by atoms with Crippen molar-refractivity contribution in [3.63, 3.8) is 0 Å². The van der Waals surface area contributed by atoms with Crippen LogP contribution in [0.2, 0.25) is 0 Å². The molecule has 3 N–H and O–H groups in total. The average molecular weight is 339 g/mol. The van der Waals surface area contributed by atoms with Crippen LogP contribution in [-0.4, -0.2) is 38.0 Å². The number of rotatable bonds is 5. The topological polar surface area (TPSA) is 65.5 Å². The molecule has 0 fully saturated rings. The number of nitrogens with one attached hydrogen (secondary N) is 3. The molecule has 0 spiro atoms. The third kappa shape index (κ3) is 4.85. The van der Waals surface area contributed by atoms with Crippen molar-refractivity contribution in [3.05, 3.63) is 34.3 Å². The molecule has 0 aromatic heterocycles. The number of carbonyl (C=O) groups excluding carboxylic acids is 1. The van der Waals surface area contributed by atoms with Crippen LogP contribution in [0.25, 0.3) is 0 Å². The molecule has 6 heteroatoms. The number of guanidine groups is 1. The van der Waals surface area contributed by atoms with Crippen LogP contribution < -0.4 is 16.0 Å². The Morgan fingerprint density at radius 1 is 1.30 bits per heavy atom. The molecule has 5 nitrogen and oxygen atoms in total.